The van der Waals surface area contributed by atoms with Gasteiger partial charge in [-0.2, -0.15) is 5.10 Å². The molecule has 0 radical (unpaired) electrons. The van der Waals surface area contributed by atoms with Crippen molar-refractivity contribution in [3.05, 3.63) is 51.3 Å². The van der Waals surface area contributed by atoms with E-state index in [9.17, 15) is 4.79 Å². The number of anilines is 3. The Hall–Kier alpha value is -2.63. The third-order valence-electron chi connectivity index (χ3n) is 4.24. The lowest BCUT2D eigenvalue weighted by atomic mass is 10.3. The molecule has 0 aliphatic carbocycles. The Morgan fingerprint density at radius 3 is 2.83 bits per heavy atom. The Labute approximate surface area is 189 Å². The summed E-state index contributed by atoms with van der Waals surface area (Å²) in [5.74, 6) is 0.477. The summed E-state index contributed by atoms with van der Waals surface area (Å²) in [5, 5.41) is 13.6. The number of hydrogen-bond acceptors (Lipinski definition) is 8. The number of pyridine rings is 1. The fourth-order valence-corrected chi connectivity index (χ4v) is 4.90. The molecule has 0 atom stereocenters. The fourth-order valence-electron chi connectivity index (χ4n) is 2.71. The lowest BCUT2D eigenvalue weighted by Gasteiger charge is -2.03. The van der Waals surface area contributed by atoms with Gasteiger partial charge in [-0.3, -0.25) is 14.8 Å². The number of carbonyl (C=O) groups is 1. The Balaban J connectivity index is 1.51. The summed E-state index contributed by atoms with van der Waals surface area (Å²) in [5.41, 5.74) is 2.99. The second-order valence-corrected chi connectivity index (χ2v) is 9.11. The van der Waals surface area contributed by atoms with Crippen LogP contribution in [-0.4, -0.2) is 30.6 Å². The molecule has 154 valence electrons. The minimum absolute atomic E-state index is 0.305. The third kappa shape index (κ3) is 4.27. The number of nitrogens with one attached hydrogen (secondary N) is 2. The average Bonchev–Trinajstić information content (AvgIpc) is 3.42. The van der Waals surface area contributed by atoms with E-state index < -0.39 is 0 Å². The summed E-state index contributed by atoms with van der Waals surface area (Å²) < 4.78 is 2.35. The summed E-state index contributed by atoms with van der Waals surface area (Å²) >= 11 is 6.26. The molecule has 0 aliphatic rings. The van der Waals surface area contributed by atoms with Crippen LogP contribution in [0.25, 0.3) is 10.6 Å². The highest BCUT2D eigenvalue weighted by atomic mass is 79.9. The highest BCUT2D eigenvalue weighted by Gasteiger charge is 2.19. The molecule has 0 saturated carbocycles. The molecular formula is C19H18BrN7OS2. The van der Waals surface area contributed by atoms with Gasteiger partial charge in [-0.15, -0.1) is 11.3 Å². The van der Waals surface area contributed by atoms with Crippen LogP contribution in [0, 0.1) is 13.8 Å². The van der Waals surface area contributed by atoms with E-state index in [1.54, 1.807) is 17.1 Å². The molecule has 11 heteroatoms. The number of amides is 1. The second-order valence-electron chi connectivity index (χ2n) is 6.40. The van der Waals surface area contributed by atoms with E-state index in [0.29, 0.717) is 21.8 Å². The minimum atomic E-state index is -0.305. The van der Waals surface area contributed by atoms with Gasteiger partial charge in [0.2, 0.25) is 0 Å². The summed E-state index contributed by atoms with van der Waals surface area (Å²) in [4.78, 5) is 27.0. The van der Waals surface area contributed by atoms with Gasteiger partial charge in [-0.25, -0.2) is 15.0 Å². The number of aromatic nitrogens is 5. The number of nitrogens with zero attached hydrogens (tertiary/aromatic N) is 5. The highest BCUT2D eigenvalue weighted by Crippen LogP contribution is 2.35. The molecule has 8 nitrogen and oxygen atoms in total. The van der Waals surface area contributed by atoms with E-state index in [1.807, 2.05) is 38.3 Å². The molecule has 0 bridgehead atoms. The maximum Gasteiger partial charge on any atom is 0.279 e. The van der Waals surface area contributed by atoms with Crippen molar-refractivity contribution in [2.24, 2.45) is 0 Å². The van der Waals surface area contributed by atoms with Gasteiger partial charge in [-0.1, -0.05) is 17.4 Å². The molecule has 30 heavy (non-hydrogen) atoms. The number of hydrogen-bond donors (Lipinski definition) is 2. The molecule has 4 rings (SSSR count). The van der Waals surface area contributed by atoms with Crippen LogP contribution in [0.3, 0.4) is 0 Å². The largest absolute Gasteiger partial charge is 0.316 e. The van der Waals surface area contributed by atoms with Crippen molar-refractivity contribution in [2.75, 3.05) is 10.6 Å². The van der Waals surface area contributed by atoms with Crippen LogP contribution in [0.15, 0.2) is 34.4 Å². The van der Waals surface area contributed by atoms with Gasteiger partial charge in [0.25, 0.3) is 5.91 Å². The molecule has 1 amide bonds. The van der Waals surface area contributed by atoms with Crippen molar-refractivity contribution in [1.82, 2.24) is 24.7 Å². The van der Waals surface area contributed by atoms with E-state index in [4.69, 9.17) is 0 Å². The Morgan fingerprint density at radius 1 is 1.27 bits per heavy atom. The summed E-state index contributed by atoms with van der Waals surface area (Å²) in [6.45, 7) is 6.54. The molecular weight excluding hydrogens is 486 g/mol. The predicted molar refractivity (Wildman–Crippen MR) is 124 cm³/mol. The number of thiazole rings is 2. The number of aryl methyl sites for hydroxylation is 3. The Kier molecular flexibility index (Phi) is 5.93. The lowest BCUT2D eigenvalue weighted by molar-refractivity contribution is 0.102. The zero-order valence-corrected chi connectivity index (χ0v) is 19.7. The first-order valence-electron chi connectivity index (χ1n) is 9.11. The van der Waals surface area contributed by atoms with Gasteiger partial charge in [0.15, 0.2) is 16.0 Å². The van der Waals surface area contributed by atoms with Crippen molar-refractivity contribution in [3.8, 4) is 10.6 Å². The smallest absolute Gasteiger partial charge is 0.279 e. The molecule has 4 heterocycles. The fraction of sp³-hybridized carbons (Fsp3) is 0.211. The van der Waals surface area contributed by atoms with Crippen molar-refractivity contribution in [2.45, 2.75) is 27.3 Å². The third-order valence-corrected chi connectivity index (χ3v) is 6.68. The first kappa shape index (κ1) is 20.6. The zero-order chi connectivity index (χ0) is 21.3. The van der Waals surface area contributed by atoms with Crippen molar-refractivity contribution in [3.63, 3.8) is 0 Å². The standard InChI is InChI=1S/C19H18BrN7OS2/c1-4-27-8-12(20)14(26-27)17(28)25-19-22-11(3)15(30-19)13-9-29-18(23-13)24-16-10(2)6-5-7-21-16/h5-9H,4H2,1-3H3,(H,21,23,24)(H,22,25,28). The van der Waals surface area contributed by atoms with Crippen LogP contribution in [0.2, 0.25) is 0 Å². The van der Waals surface area contributed by atoms with Gasteiger partial charge in [0.05, 0.1) is 20.7 Å². The molecule has 0 saturated heterocycles. The van der Waals surface area contributed by atoms with Gasteiger partial charge >= 0.3 is 0 Å². The predicted octanol–water partition coefficient (Wildman–Crippen LogP) is 5.25. The summed E-state index contributed by atoms with van der Waals surface area (Å²) in [6, 6.07) is 3.89. The van der Waals surface area contributed by atoms with Crippen LogP contribution >= 0.6 is 38.6 Å². The molecule has 0 aliphatic heterocycles. The molecule has 0 fully saturated rings. The van der Waals surface area contributed by atoms with Crippen molar-refractivity contribution < 1.29 is 4.79 Å². The number of halogens is 1. The van der Waals surface area contributed by atoms with Crippen LogP contribution in [0.5, 0.6) is 0 Å². The van der Waals surface area contributed by atoms with Crippen LogP contribution < -0.4 is 10.6 Å². The normalized spacial score (nSPS) is 10.9. The number of carbonyl (C=O) groups excluding carboxylic acids is 1. The number of rotatable bonds is 6. The maximum absolute atomic E-state index is 12.6. The average molecular weight is 504 g/mol. The van der Waals surface area contributed by atoms with Crippen LogP contribution in [0.1, 0.15) is 28.7 Å². The molecule has 0 unspecified atom stereocenters. The van der Waals surface area contributed by atoms with Crippen molar-refractivity contribution >= 4 is 60.6 Å². The maximum atomic E-state index is 12.6. The van der Waals surface area contributed by atoms with E-state index in [0.717, 1.165) is 32.8 Å². The lowest BCUT2D eigenvalue weighted by Crippen LogP contribution is -2.13. The quantitative estimate of drug-likeness (QED) is 0.372. The van der Waals surface area contributed by atoms with Gasteiger partial charge < -0.3 is 5.32 Å². The highest BCUT2D eigenvalue weighted by molar-refractivity contribution is 9.10. The first-order chi connectivity index (χ1) is 14.4. The van der Waals surface area contributed by atoms with Gasteiger partial charge in [0, 0.05) is 24.3 Å². The minimum Gasteiger partial charge on any atom is -0.316 e. The molecule has 0 spiro atoms. The SMILES string of the molecule is CCn1cc(Br)c(C(=O)Nc2nc(C)c(-c3csc(Nc4ncccc4C)n3)s2)n1. The monoisotopic (exact) mass is 503 g/mol. The van der Waals surface area contributed by atoms with E-state index >= 15 is 0 Å². The zero-order valence-electron chi connectivity index (χ0n) is 16.4. The second kappa shape index (κ2) is 8.62. The van der Waals surface area contributed by atoms with Crippen LogP contribution in [-0.2, 0) is 6.54 Å². The summed E-state index contributed by atoms with van der Waals surface area (Å²) in [6.07, 6.45) is 3.52. The molecule has 4 aromatic heterocycles. The molecule has 2 N–H and O–H groups in total. The van der Waals surface area contributed by atoms with E-state index in [-0.39, 0.29) is 5.91 Å². The van der Waals surface area contributed by atoms with E-state index in [2.05, 4.69) is 46.6 Å². The topological polar surface area (TPSA) is 97.6 Å². The summed E-state index contributed by atoms with van der Waals surface area (Å²) in [7, 11) is 0. The molecule has 0 aromatic carbocycles. The van der Waals surface area contributed by atoms with Crippen molar-refractivity contribution in [1.29, 1.82) is 0 Å². The Bertz CT molecular complexity index is 1210. The van der Waals surface area contributed by atoms with E-state index in [1.165, 1.54) is 22.7 Å². The van der Waals surface area contributed by atoms with Crippen LogP contribution in [0.4, 0.5) is 16.1 Å². The first-order valence-corrected chi connectivity index (χ1v) is 11.6. The molecule has 4 aromatic rings. The Morgan fingerprint density at radius 2 is 2.10 bits per heavy atom. The van der Waals surface area contributed by atoms with Gasteiger partial charge in [0.1, 0.15) is 5.82 Å². The van der Waals surface area contributed by atoms with Gasteiger partial charge in [-0.05, 0) is 48.3 Å².